The second-order valence-corrected chi connectivity index (χ2v) is 6.86. The summed E-state index contributed by atoms with van der Waals surface area (Å²) in [4.78, 5) is 14.4. The van der Waals surface area contributed by atoms with E-state index < -0.39 is 0 Å². The maximum absolute atomic E-state index is 13.0. The number of likely N-dealkylation sites (tertiary alicyclic amines) is 1. The molecule has 0 unspecified atom stereocenters. The van der Waals surface area contributed by atoms with Crippen molar-refractivity contribution in [1.29, 1.82) is 0 Å². The van der Waals surface area contributed by atoms with E-state index in [1.807, 2.05) is 19.2 Å². The molecule has 1 aromatic heterocycles. The second-order valence-electron chi connectivity index (χ2n) is 6.86. The van der Waals surface area contributed by atoms with E-state index in [0.717, 1.165) is 38.0 Å². The number of anilines is 1. The van der Waals surface area contributed by atoms with E-state index in [0.29, 0.717) is 12.5 Å². The molecule has 0 aliphatic carbocycles. The molecule has 2 heterocycles. The molecule has 1 saturated heterocycles. The van der Waals surface area contributed by atoms with Gasteiger partial charge in [-0.3, -0.25) is 14.4 Å². The van der Waals surface area contributed by atoms with Gasteiger partial charge in [-0.25, -0.2) is 4.39 Å². The van der Waals surface area contributed by atoms with Crippen LogP contribution in [-0.4, -0.2) is 40.2 Å². The number of aryl methyl sites for hydroxylation is 2. The Hall–Kier alpha value is -2.21. The fourth-order valence-corrected chi connectivity index (χ4v) is 3.44. The predicted molar refractivity (Wildman–Crippen MR) is 95.7 cm³/mol. The number of carbonyl (C=O) groups is 1. The zero-order valence-electron chi connectivity index (χ0n) is 14.6. The van der Waals surface area contributed by atoms with Gasteiger partial charge in [0.2, 0.25) is 5.91 Å². The summed E-state index contributed by atoms with van der Waals surface area (Å²) in [7, 11) is 1.83. The number of hydrogen-bond donors (Lipinski definition) is 1. The van der Waals surface area contributed by atoms with Gasteiger partial charge in [-0.1, -0.05) is 12.1 Å². The van der Waals surface area contributed by atoms with E-state index in [1.54, 1.807) is 17.1 Å². The van der Waals surface area contributed by atoms with Crippen LogP contribution in [0.15, 0.2) is 36.7 Å². The number of benzene rings is 1. The van der Waals surface area contributed by atoms with Crippen LogP contribution in [0.25, 0.3) is 0 Å². The van der Waals surface area contributed by atoms with Crippen LogP contribution in [0.1, 0.15) is 24.8 Å². The van der Waals surface area contributed by atoms with E-state index >= 15 is 0 Å². The van der Waals surface area contributed by atoms with Gasteiger partial charge in [-0.05, 0) is 55.8 Å². The van der Waals surface area contributed by atoms with Crippen molar-refractivity contribution in [2.75, 3.05) is 25.0 Å². The van der Waals surface area contributed by atoms with Crippen molar-refractivity contribution in [3.63, 3.8) is 0 Å². The highest BCUT2D eigenvalue weighted by molar-refractivity contribution is 5.91. The molecule has 1 aliphatic rings. The third-order valence-corrected chi connectivity index (χ3v) is 4.71. The summed E-state index contributed by atoms with van der Waals surface area (Å²) in [5.41, 5.74) is 1.91. The summed E-state index contributed by atoms with van der Waals surface area (Å²) in [5, 5.41) is 6.94. The second kappa shape index (κ2) is 8.25. The minimum Gasteiger partial charge on any atom is -0.322 e. The average molecular weight is 344 g/mol. The van der Waals surface area contributed by atoms with Crippen molar-refractivity contribution in [1.82, 2.24) is 14.7 Å². The Kier molecular flexibility index (Phi) is 5.81. The van der Waals surface area contributed by atoms with Crippen LogP contribution in [-0.2, 0) is 18.3 Å². The first kappa shape index (κ1) is 17.6. The summed E-state index contributed by atoms with van der Waals surface area (Å²) < 4.78 is 14.6. The average Bonchev–Trinajstić information content (AvgIpc) is 2.99. The quantitative estimate of drug-likeness (QED) is 0.877. The molecule has 0 bridgehead atoms. The van der Waals surface area contributed by atoms with Crippen molar-refractivity contribution in [2.24, 2.45) is 13.0 Å². The van der Waals surface area contributed by atoms with Crippen LogP contribution in [0.5, 0.6) is 0 Å². The van der Waals surface area contributed by atoms with Crippen LogP contribution in [0, 0.1) is 11.7 Å². The number of halogens is 1. The fraction of sp³-hybridized carbons (Fsp3) is 0.474. The molecule has 1 N–H and O–H groups in total. The maximum Gasteiger partial charge on any atom is 0.238 e. The number of nitrogens with one attached hydrogen (secondary N) is 1. The molecule has 0 spiro atoms. The standard InChI is InChI=1S/C19H25FN4O/c1-23-13-18(11-21-23)22-19(25)14-24-10-2-3-16(12-24)5-4-15-6-8-17(20)9-7-15/h6-9,11,13,16H,2-5,10,12,14H2,1H3,(H,22,25)/t16-/m1/s1. The van der Waals surface area contributed by atoms with E-state index in [1.165, 1.54) is 24.1 Å². The number of carbonyl (C=O) groups excluding carboxylic acids is 1. The lowest BCUT2D eigenvalue weighted by atomic mass is 9.91. The van der Waals surface area contributed by atoms with Crippen LogP contribution in [0.3, 0.4) is 0 Å². The molecule has 0 radical (unpaired) electrons. The number of aromatic nitrogens is 2. The lowest BCUT2D eigenvalue weighted by Gasteiger charge is -2.32. The molecule has 1 fully saturated rings. The van der Waals surface area contributed by atoms with E-state index in [2.05, 4.69) is 15.3 Å². The van der Waals surface area contributed by atoms with Gasteiger partial charge in [-0.15, -0.1) is 0 Å². The molecule has 6 heteroatoms. The lowest BCUT2D eigenvalue weighted by molar-refractivity contribution is -0.117. The normalized spacial score (nSPS) is 18.2. The number of amides is 1. The lowest BCUT2D eigenvalue weighted by Crippen LogP contribution is -2.40. The van der Waals surface area contributed by atoms with Crippen LogP contribution in [0.4, 0.5) is 10.1 Å². The Balaban J connectivity index is 1.44. The Labute approximate surface area is 147 Å². The summed E-state index contributed by atoms with van der Waals surface area (Å²) >= 11 is 0. The molecule has 1 aliphatic heterocycles. The summed E-state index contributed by atoms with van der Waals surface area (Å²) in [6.45, 7) is 2.33. The summed E-state index contributed by atoms with van der Waals surface area (Å²) in [5.74, 6) is 0.407. The van der Waals surface area contributed by atoms with Crippen molar-refractivity contribution in [3.8, 4) is 0 Å². The van der Waals surface area contributed by atoms with Gasteiger partial charge < -0.3 is 5.32 Å². The third kappa shape index (κ3) is 5.39. The highest BCUT2D eigenvalue weighted by Gasteiger charge is 2.21. The molecular formula is C19H25FN4O. The van der Waals surface area contributed by atoms with Gasteiger partial charge in [0.05, 0.1) is 18.4 Å². The predicted octanol–water partition coefficient (Wildman–Crippen LogP) is 2.84. The number of piperidine rings is 1. The topological polar surface area (TPSA) is 50.2 Å². The zero-order chi connectivity index (χ0) is 17.6. The molecule has 3 rings (SSSR count). The van der Waals surface area contributed by atoms with E-state index in [-0.39, 0.29) is 11.7 Å². The van der Waals surface area contributed by atoms with E-state index in [9.17, 15) is 9.18 Å². The number of hydrogen-bond acceptors (Lipinski definition) is 3. The number of nitrogens with zero attached hydrogens (tertiary/aromatic N) is 3. The van der Waals surface area contributed by atoms with Gasteiger partial charge >= 0.3 is 0 Å². The summed E-state index contributed by atoms with van der Waals surface area (Å²) in [6.07, 6.45) is 7.79. The minimum absolute atomic E-state index is 0.00665. The van der Waals surface area contributed by atoms with Gasteiger partial charge in [0.15, 0.2) is 0 Å². The van der Waals surface area contributed by atoms with Crippen LogP contribution >= 0.6 is 0 Å². The highest BCUT2D eigenvalue weighted by atomic mass is 19.1. The van der Waals surface area contributed by atoms with Crippen LogP contribution in [0.2, 0.25) is 0 Å². The Bertz CT molecular complexity index is 698. The fourth-order valence-electron chi connectivity index (χ4n) is 3.44. The molecule has 1 aromatic carbocycles. The molecular weight excluding hydrogens is 319 g/mol. The minimum atomic E-state index is -0.188. The summed E-state index contributed by atoms with van der Waals surface area (Å²) in [6, 6.07) is 6.76. The largest absolute Gasteiger partial charge is 0.322 e. The SMILES string of the molecule is Cn1cc(NC(=O)CN2CCC[C@H](CCc3ccc(F)cc3)C2)cn1. The highest BCUT2D eigenvalue weighted by Crippen LogP contribution is 2.21. The molecule has 5 nitrogen and oxygen atoms in total. The Morgan fingerprint density at radius 2 is 2.16 bits per heavy atom. The third-order valence-electron chi connectivity index (χ3n) is 4.71. The maximum atomic E-state index is 13.0. The molecule has 25 heavy (non-hydrogen) atoms. The first-order chi connectivity index (χ1) is 12.1. The first-order valence-electron chi connectivity index (χ1n) is 8.84. The van der Waals surface area contributed by atoms with E-state index in [4.69, 9.17) is 0 Å². The first-order valence-corrected chi connectivity index (χ1v) is 8.84. The van der Waals surface area contributed by atoms with Crippen molar-refractivity contribution in [3.05, 3.63) is 48.0 Å². The smallest absolute Gasteiger partial charge is 0.238 e. The molecule has 1 amide bonds. The molecule has 1 atom stereocenters. The van der Waals surface area contributed by atoms with Crippen molar-refractivity contribution in [2.45, 2.75) is 25.7 Å². The van der Waals surface area contributed by atoms with Gasteiger partial charge in [0, 0.05) is 19.8 Å². The molecule has 2 aromatic rings. The van der Waals surface area contributed by atoms with Crippen molar-refractivity contribution < 1.29 is 9.18 Å². The monoisotopic (exact) mass is 344 g/mol. The van der Waals surface area contributed by atoms with Crippen LogP contribution < -0.4 is 5.32 Å². The molecule has 134 valence electrons. The Morgan fingerprint density at radius 3 is 2.88 bits per heavy atom. The zero-order valence-corrected chi connectivity index (χ0v) is 14.6. The number of rotatable bonds is 6. The Morgan fingerprint density at radius 1 is 1.36 bits per heavy atom. The van der Waals surface area contributed by atoms with Gasteiger partial charge in [0.1, 0.15) is 5.82 Å². The molecule has 0 saturated carbocycles. The van der Waals surface area contributed by atoms with Gasteiger partial charge in [0.25, 0.3) is 0 Å². The van der Waals surface area contributed by atoms with Crippen molar-refractivity contribution >= 4 is 11.6 Å². The van der Waals surface area contributed by atoms with Gasteiger partial charge in [-0.2, -0.15) is 5.10 Å².